The predicted molar refractivity (Wildman–Crippen MR) is 264 cm³/mol. The van der Waals surface area contributed by atoms with Crippen LogP contribution < -0.4 is 15.1 Å². The fraction of sp³-hybridized carbons (Fsp3) is 0.222. The molecule has 5 heterocycles. The Balaban J connectivity index is 0.000000160. The number of hydrogen-bond acceptors (Lipinski definition) is 13. The zero-order valence-corrected chi connectivity index (χ0v) is 37.8. The summed E-state index contributed by atoms with van der Waals surface area (Å²) in [5.74, 6) is 0.931. The maximum atomic E-state index is 13.3. The van der Waals surface area contributed by atoms with E-state index in [9.17, 15) is 29.2 Å². The summed E-state index contributed by atoms with van der Waals surface area (Å²) in [5.41, 5.74) is 6.01. The maximum Gasteiger partial charge on any atom is 0.167 e. The second kappa shape index (κ2) is 21.3. The summed E-state index contributed by atoms with van der Waals surface area (Å²) in [6.45, 7) is 6.86. The van der Waals surface area contributed by atoms with E-state index in [1.54, 1.807) is 6.07 Å². The van der Waals surface area contributed by atoms with E-state index in [1.807, 2.05) is 24.3 Å². The van der Waals surface area contributed by atoms with Gasteiger partial charge in [0.05, 0.1) is 11.1 Å². The van der Waals surface area contributed by atoms with Gasteiger partial charge < -0.3 is 35.5 Å². The van der Waals surface area contributed by atoms with Gasteiger partial charge in [-0.1, -0.05) is 0 Å². The fourth-order valence-corrected chi connectivity index (χ4v) is 8.34. The third-order valence-electron chi connectivity index (χ3n) is 12.1. The molecule has 0 radical (unpaired) electrons. The number of halogens is 2. The molecule has 3 aliphatic rings. The first-order chi connectivity index (χ1) is 33.6. The molecule has 0 saturated carbocycles. The van der Waals surface area contributed by atoms with Crippen molar-refractivity contribution in [3.63, 3.8) is 0 Å². The van der Waals surface area contributed by atoms with Crippen molar-refractivity contribution in [2.24, 2.45) is 0 Å². The van der Waals surface area contributed by atoms with Gasteiger partial charge in [0.15, 0.2) is 34.9 Å². The smallest absolute Gasteiger partial charge is 0.167 e. The van der Waals surface area contributed by atoms with Crippen molar-refractivity contribution in [1.82, 2.24) is 35.2 Å². The monoisotopic (exact) mass is 927 g/mol. The second-order valence-corrected chi connectivity index (χ2v) is 17.0. The Labute approximate surface area is 398 Å². The molecule has 0 bridgehead atoms. The molecule has 3 saturated heterocycles. The van der Waals surface area contributed by atoms with E-state index in [0.717, 1.165) is 37.3 Å². The number of phenols is 4. The lowest BCUT2D eigenvalue weighted by atomic mass is 10.1. The largest absolute Gasteiger partial charge is 0.508 e. The molecule has 3 aliphatic heterocycles. The molecule has 0 atom stereocenters. The first-order valence-electron chi connectivity index (χ1n) is 23.1. The molecule has 0 unspecified atom stereocenters. The molecule has 3 fully saturated rings. The molecule has 69 heavy (non-hydrogen) atoms. The average Bonchev–Trinajstić information content (AvgIpc) is 4.22. The SMILES string of the molecule is C1CCNC1.Oc1ccc(-c2nc(-c3ccc(F)cc3)nc(-c3ccc(F)cc3)n2)c(O)c1.Oc1ccc(-c2nc(-c3ccc(N4CCCC4)cc3)nc(-c3ccc(N4CCCC4)cc3)n2)c(O)c1. The zero-order chi connectivity index (χ0) is 47.7. The molecular weight excluding hydrogens is 877 g/mol. The minimum atomic E-state index is -0.395. The van der Waals surface area contributed by atoms with E-state index in [4.69, 9.17) is 15.0 Å². The standard InChI is InChI=1S/C29H29N5O2.C21H13F2N3O2.C4H9N/c35-24-13-14-25(26(36)19-24)29-31-27(20-5-9-22(10-6-20)33-15-1-2-16-33)30-28(32-29)21-7-11-23(12-8-21)34-17-3-4-18-34;22-14-5-1-12(2-6-14)19-24-20(13-3-7-15(23)8-4-13)26-21(25-19)17-10-9-16(27)11-18(17)28;1-2-4-5-3-1/h5-14,19,35-36H,1-4,15-18H2;1-11,27-28H;5H,1-4H2. The quantitative estimate of drug-likeness (QED) is 0.0974. The highest BCUT2D eigenvalue weighted by molar-refractivity contribution is 5.73. The van der Waals surface area contributed by atoms with Crippen molar-refractivity contribution in [2.45, 2.75) is 38.5 Å². The Morgan fingerprint density at radius 2 is 0.667 bits per heavy atom. The first-order valence-corrected chi connectivity index (χ1v) is 23.1. The number of nitrogens with one attached hydrogen (secondary N) is 1. The van der Waals surface area contributed by atoms with E-state index in [2.05, 4.69) is 54.3 Å². The van der Waals surface area contributed by atoms with Crippen molar-refractivity contribution in [2.75, 3.05) is 49.1 Å². The molecule has 2 aromatic heterocycles. The van der Waals surface area contributed by atoms with Crippen LogP contribution in [0.25, 0.3) is 68.3 Å². The fourth-order valence-electron chi connectivity index (χ4n) is 8.34. The number of anilines is 2. The Kier molecular flexibility index (Phi) is 14.2. The molecular formula is C54H51F2N9O4. The molecule has 11 rings (SSSR count). The van der Waals surface area contributed by atoms with Crippen molar-refractivity contribution in [3.8, 4) is 91.3 Å². The van der Waals surface area contributed by atoms with Gasteiger partial charge in [-0.3, -0.25) is 0 Å². The lowest BCUT2D eigenvalue weighted by Gasteiger charge is -2.18. The lowest BCUT2D eigenvalue weighted by molar-refractivity contribution is 0.450. The van der Waals surface area contributed by atoms with E-state index in [1.165, 1.54) is 142 Å². The number of hydrogen-bond donors (Lipinski definition) is 5. The zero-order valence-electron chi connectivity index (χ0n) is 37.8. The molecule has 8 aromatic rings. The third-order valence-corrected chi connectivity index (χ3v) is 12.1. The van der Waals surface area contributed by atoms with Gasteiger partial charge in [0.1, 0.15) is 34.6 Å². The van der Waals surface area contributed by atoms with Crippen LogP contribution in [0.5, 0.6) is 23.0 Å². The summed E-state index contributed by atoms with van der Waals surface area (Å²) >= 11 is 0. The summed E-state index contributed by atoms with van der Waals surface area (Å²) < 4.78 is 26.5. The molecule has 0 amide bonds. The number of nitrogens with zero attached hydrogens (tertiary/aromatic N) is 8. The first kappa shape index (κ1) is 46.1. The second-order valence-electron chi connectivity index (χ2n) is 17.0. The van der Waals surface area contributed by atoms with Gasteiger partial charge in [-0.25, -0.2) is 38.7 Å². The summed E-state index contributed by atoms with van der Waals surface area (Å²) in [7, 11) is 0. The highest BCUT2D eigenvalue weighted by atomic mass is 19.1. The molecule has 15 heteroatoms. The predicted octanol–water partition coefficient (Wildman–Crippen LogP) is 10.4. The minimum absolute atomic E-state index is 0.0132. The molecule has 0 spiro atoms. The van der Waals surface area contributed by atoms with E-state index >= 15 is 0 Å². The van der Waals surface area contributed by atoms with Gasteiger partial charge in [0.25, 0.3) is 0 Å². The van der Waals surface area contributed by atoms with Crippen molar-refractivity contribution in [1.29, 1.82) is 0 Å². The summed E-state index contributed by atoms with van der Waals surface area (Å²) in [5, 5.41) is 43.2. The average molecular weight is 928 g/mol. The maximum absolute atomic E-state index is 13.3. The third kappa shape index (κ3) is 11.4. The van der Waals surface area contributed by atoms with Gasteiger partial charge in [-0.15, -0.1) is 0 Å². The lowest BCUT2D eigenvalue weighted by Crippen LogP contribution is -2.17. The van der Waals surface area contributed by atoms with Crippen molar-refractivity contribution >= 4 is 11.4 Å². The van der Waals surface area contributed by atoms with Crippen LogP contribution in [-0.2, 0) is 0 Å². The summed E-state index contributed by atoms with van der Waals surface area (Å²) in [6, 6.07) is 36.4. The number of aromatic hydroxyl groups is 4. The normalized spacial score (nSPS) is 14.2. The van der Waals surface area contributed by atoms with Gasteiger partial charge in [0, 0.05) is 71.9 Å². The van der Waals surface area contributed by atoms with E-state index in [-0.39, 0.29) is 46.0 Å². The molecule has 13 nitrogen and oxygen atoms in total. The van der Waals surface area contributed by atoms with Crippen LogP contribution in [0.15, 0.2) is 133 Å². The van der Waals surface area contributed by atoms with Gasteiger partial charge in [-0.2, -0.15) is 0 Å². The Morgan fingerprint density at radius 1 is 0.362 bits per heavy atom. The Morgan fingerprint density at radius 3 is 0.957 bits per heavy atom. The molecule has 6 aromatic carbocycles. The van der Waals surface area contributed by atoms with Gasteiger partial charge >= 0.3 is 0 Å². The van der Waals surface area contributed by atoms with Crippen LogP contribution in [0.1, 0.15) is 38.5 Å². The van der Waals surface area contributed by atoms with E-state index in [0.29, 0.717) is 34.2 Å². The van der Waals surface area contributed by atoms with Gasteiger partial charge in [-0.05, 0) is 173 Å². The highest BCUT2D eigenvalue weighted by Crippen LogP contribution is 2.35. The van der Waals surface area contributed by atoms with Crippen molar-refractivity contribution in [3.05, 3.63) is 145 Å². The Hall–Kier alpha value is -8.04. The summed E-state index contributed by atoms with van der Waals surface area (Å²) in [4.78, 5) is 32.2. The highest BCUT2D eigenvalue weighted by Gasteiger charge is 2.19. The number of benzene rings is 6. The van der Waals surface area contributed by atoms with Crippen molar-refractivity contribution < 1.29 is 29.2 Å². The molecule has 350 valence electrons. The summed E-state index contributed by atoms with van der Waals surface area (Å²) in [6.07, 6.45) is 7.70. The van der Waals surface area contributed by atoms with Crippen LogP contribution in [0.4, 0.5) is 20.2 Å². The topological polar surface area (TPSA) is 177 Å². The minimum Gasteiger partial charge on any atom is -0.508 e. The van der Waals surface area contributed by atoms with Crippen LogP contribution in [0, 0.1) is 11.6 Å². The van der Waals surface area contributed by atoms with Crippen LogP contribution >= 0.6 is 0 Å². The van der Waals surface area contributed by atoms with E-state index < -0.39 is 11.6 Å². The number of aromatic nitrogens is 6. The number of phenolic OH excluding ortho intramolecular Hbond substituents is 4. The van der Waals surface area contributed by atoms with Crippen LogP contribution in [0.3, 0.4) is 0 Å². The molecule has 0 aliphatic carbocycles. The van der Waals surface area contributed by atoms with Crippen LogP contribution in [0.2, 0.25) is 0 Å². The Bertz CT molecular complexity index is 2850. The van der Waals surface area contributed by atoms with Gasteiger partial charge in [0.2, 0.25) is 0 Å². The number of rotatable bonds is 8. The molecule has 5 N–H and O–H groups in total. The van der Waals surface area contributed by atoms with Crippen LogP contribution in [-0.4, -0.2) is 89.6 Å².